The van der Waals surface area contributed by atoms with Gasteiger partial charge in [-0.2, -0.15) is 0 Å². The van der Waals surface area contributed by atoms with Crippen LogP contribution in [0.5, 0.6) is 0 Å². The zero-order chi connectivity index (χ0) is 7.15. The van der Waals surface area contributed by atoms with Crippen LogP contribution in [0.1, 0.15) is 0 Å². The second-order valence-corrected chi connectivity index (χ2v) is 1.17. The van der Waals surface area contributed by atoms with Gasteiger partial charge in [-0.25, -0.2) is 9.13 Å². The molecule has 0 aromatic heterocycles. The van der Waals surface area contributed by atoms with Gasteiger partial charge in [-0.05, 0) is 0 Å². The summed E-state index contributed by atoms with van der Waals surface area (Å²) >= 11 is 0. The molecule has 0 aromatic rings. The van der Waals surface area contributed by atoms with Crippen LogP contribution in [0.4, 0.5) is 0 Å². The van der Waals surface area contributed by atoms with E-state index in [2.05, 4.69) is 11.5 Å². The molecule has 6 N–H and O–H groups in total. The maximum Gasteiger partial charge on any atom is 0.465 e. The van der Waals surface area contributed by atoms with Crippen molar-refractivity contribution < 1.29 is 14.0 Å². The highest BCUT2D eigenvalue weighted by molar-refractivity contribution is 7.23. The molecule has 0 aromatic carbocycles. The van der Waals surface area contributed by atoms with E-state index in [0.717, 1.165) is 0 Å². The molecule has 0 unspecified atom stereocenters. The molecule has 0 saturated heterocycles. The lowest BCUT2D eigenvalue weighted by Gasteiger charge is -1.69. The van der Waals surface area contributed by atoms with E-state index < -0.39 is 7.91 Å². The van der Waals surface area contributed by atoms with E-state index in [-0.39, 0.29) is 5.96 Å². The van der Waals surface area contributed by atoms with Gasteiger partial charge in [0.05, 0.1) is 0 Å². The number of nitrogens with one attached hydrogen (secondary N) is 1. The van der Waals surface area contributed by atoms with Crippen molar-refractivity contribution in [1.82, 2.24) is 0 Å². The zero-order valence-corrected chi connectivity index (χ0v) is 4.76. The number of guanidine groups is 1. The normalized spacial score (nSPS) is 6.12. The van der Waals surface area contributed by atoms with Gasteiger partial charge in [-0.15, -0.1) is 0 Å². The quantitative estimate of drug-likeness (QED) is 0.192. The van der Waals surface area contributed by atoms with Crippen molar-refractivity contribution in [3.63, 3.8) is 0 Å². The Bertz CT molecular complexity index is 116. The second kappa shape index (κ2) is 6.13. The highest BCUT2D eigenvalue weighted by atomic mass is 31.1. The molecule has 0 fully saturated rings. The molecule has 0 spiro atoms. The smallest absolute Gasteiger partial charge is 0.370 e. The van der Waals surface area contributed by atoms with Crippen LogP contribution in [0.2, 0.25) is 0 Å². The molecule has 0 aliphatic carbocycles. The van der Waals surface area contributed by atoms with Crippen LogP contribution in [0.3, 0.4) is 0 Å². The lowest BCUT2D eigenvalue weighted by Crippen LogP contribution is -2.20. The van der Waals surface area contributed by atoms with Crippen LogP contribution in [0.15, 0.2) is 0 Å². The van der Waals surface area contributed by atoms with E-state index in [9.17, 15) is 0 Å². The van der Waals surface area contributed by atoms with Crippen LogP contribution < -0.4 is 11.5 Å². The molecule has 0 amide bonds. The van der Waals surface area contributed by atoms with Crippen molar-refractivity contribution in [3.05, 3.63) is 0 Å². The lowest BCUT2D eigenvalue weighted by atomic mass is 11.1. The molecule has 0 heterocycles. The van der Waals surface area contributed by atoms with Gasteiger partial charge in [0.1, 0.15) is 0 Å². The zero-order valence-electron chi connectivity index (χ0n) is 3.87. The first kappa shape index (κ1) is 10.2. The third kappa shape index (κ3) is 116. The first-order valence-corrected chi connectivity index (χ1v) is 2.52. The summed E-state index contributed by atoms with van der Waals surface area (Å²) in [5.74, 6) is -0.333. The summed E-state index contributed by atoms with van der Waals surface area (Å²) in [4.78, 5) is 7.01. The highest BCUT2D eigenvalue weighted by Crippen LogP contribution is 1.84. The molecule has 7 heteroatoms. The topological polar surface area (TPSA) is 130 Å². The summed E-state index contributed by atoms with van der Waals surface area (Å²) in [5.41, 5.74) is 8.94. The van der Waals surface area contributed by atoms with Crippen molar-refractivity contribution in [3.8, 4) is 0 Å². The Kier molecular flexibility index (Phi) is 7.80. The van der Waals surface area contributed by atoms with Crippen molar-refractivity contribution in [2.75, 3.05) is 0 Å². The molecule has 0 radical (unpaired) electrons. The van der Waals surface area contributed by atoms with Crippen LogP contribution in [-0.2, 0) is 9.13 Å². The monoisotopic (exact) mass is 139 g/mol. The van der Waals surface area contributed by atoms with Gasteiger partial charge >= 0.3 is 7.91 Å². The Hall–Kier alpha value is -0.870. The van der Waals surface area contributed by atoms with Gasteiger partial charge in [-0.1, -0.05) is 0 Å². The van der Waals surface area contributed by atoms with Gasteiger partial charge in [0.2, 0.25) is 0 Å². The van der Waals surface area contributed by atoms with Crippen LogP contribution in [0.25, 0.3) is 0 Å². The molecule has 0 saturated carbocycles. The molecule has 6 nitrogen and oxygen atoms in total. The summed E-state index contributed by atoms with van der Waals surface area (Å²) in [6.45, 7) is 0. The van der Waals surface area contributed by atoms with E-state index in [1.165, 1.54) is 0 Å². The number of rotatable bonds is 0. The first-order valence-electron chi connectivity index (χ1n) is 1.39. The average Bonchev–Trinajstić information content (AvgIpc) is 1.25. The van der Waals surface area contributed by atoms with Gasteiger partial charge in [-0.3, -0.25) is 10.3 Å². The predicted molar refractivity (Wildman–Crippen MR) is 26.6 cm³/mol. The SMILES string of the molecule is N=C(N)N.O=P(=O)O. The van der Waals surface area contributed by atoms with Crippen LogP contribution >= 0.6 is 7.91 Å². The first-order chi connectivity index (χ1) is 3.46. The molecule has 8 heavy (non-hydrogen) atoms. The van der Waals surface area contributed by atoms with E-state index in [1.54, 1.807) is 0 Å². The minimum absolute atomic E-state index is 0.333. The van der Waals surface area contributed by atoms with Gasteiger partial charge in [0.15, 0.2) is 5.96 Å². The fourth-order valence-corrected chi connectivity index (χ4v) is 0. The van der Waals surface area contributed by atoms with E-state index in [4.69, 9.17) is 19.4 Å². The lowest BCUT2D eigenvalue weighted by molar-refractivity contribution is 0.434. The Balaban J connectivity index is 0. The Labute approximate surface area is 45.9 Å². The molecule has 48 valence electrons. The molecule has 0 rings (SSSR count). The van der Waals surface area contributed by atoms with Gasteiger partial charge in [0, 0.05) is 0 Å². The number of nitrogens with two attached hydrogens (primary N) is 2. The molecule has 0 aliphatic heterocycles. The Morgan fingerprint density at radius 2 is 1.50 bits per heavy atom. The van der Waals surface area contributed by atoms with Crippen molar-refractivity contribution >= 4 is 13.9 Å². The maximum absolute atomic E-state index is 8.59. The molecular weight excluding hydrogens is 133 g/mol. The van der Waals surface area contributed by atoms with Gasteiger partial charge < -0.3 is 11.5 Å². The van der Waals surface area contributed by atoms with Crippen molar-refractivity contribution in [2.24, 2.45) is 11.5 Å². The van der Waals surface area contributed by atoms with E-state index >= 15 is 0 Å². The fraction of sp³-hybridized carbons (Fsp3) is 0. The minimum Gasteiger partial charge on any atom is -0.370 e. The summed E-state index contributed by atoms with van der Waals surface area (Å²) < 4.78 is 17.2. The standard InChI is InChI=1S/CH5N3.HO3P/c2-1(3)4;1-4(2)3/h(H5,2,3,4);(H,1,2,3). The van der Waals surface area contributed by atoms with Gasteiger partial charge in [0.25, 0.3) is 0 Å². The Morgan fingerprint density at radius 1 is 1.50 bits per heavy atom. The van der Waals surface area contributed by atoms with Crippen LogP contribution in [-0.4, -0.2) is 10.9 Å². The van der Waals surface area contributed by atoms with E-state index in [0.29, 0.717) is 0 Å². The van der Waals surface area contributed by atoms with Crippen LogP contribution in [0, 0.1) is 5.41 Å². The molecular formula is CH6N3O3P. The summed E-state index contributed by atoms with van der Waals surface area (Å²) in [6, 6.07) is 0. The molecule has 0 bridgehead atoms. The minimum atomic E-state index is -3.12. The third-order valence-electron chi connectivity index (χ3n) is 0. The largest absolute Gasteiger partial charge is 0.465 e. The summed E-state index contributed by atoms with van der Waals surface area (Å²) in [6.07, 6.45) is 0. The predicted octanol–water partition coefficient (Wildman–Crippen LogP) is -1.09. The highest BCUT2D eigenvalue weighted by Gasteiger charge is 1.57. The van der Waals surface area contributed by atoms with Crippen molar-refractivity contribution in [2.45, 2.75) is 0 Å². The summed E-state index contributed by atoms with van der Waals surface area (Å²) in [7, 11) is -3.12. The van der Waals surface area contributed by atoms with Crippen molar-refractivity contribution in [1.29, 1.82) is 5.41 Å². The molecule has 0 aliphatic rings. The molecule has 0 atom stereocenters. The maximum atomic E-state index is 8.59. The van der Waals surface area contributed by atoms with E-state index in [1.807, 2.05) is 0 Å². The fourth-order valence-electron chi connectivity index (χ4n) is 0. The average molecular weight is 139 g/mol. The third-order valence-corrected chi connectivity index (χ3v) is 0. The summed E-state index contributed by atoms with van der Waals surface area (Å²) in [5, 5.41) is 6.06. The second-order valence-electron chi connectivity index (χ2n) is 0.693. The number of hydrogen-bond acceptors (Lipinski definition) is 3. The Morgan fingerprint density at radius 3 is 1.50 bits per heavy atom. The number of hydrogen-bond donors (Lipinski definition) is 4.